The van der Waals surface area contributed by atoms with Crippen molar-refractivity contribution >= 4 is 5.69 Å². The standard InChI is InChI=1S/C14H19NO/c1-10(2)14(16)12-6-7-13-11(9-12)5-4-8-15(13)3/h6-7,9,14,16H,1,4-5,8H2,2-3H3. The quantitative estimate of drug-likeness (QED) is 0.770. The minimum atomic E-state index is -0.530. The number of hydrogen-bond acceptors (Lipinski definition) is 2. The maximum absolute atomic E-state index is 9.95. The fourth-order valence-corrected chi connectivity index (χ4v) is 2.26. The van der Waals surface area contributed by atoms with Crippen molar-refractivity contribution in [1.29, 1.82) is 0 Å². The summed E-state index contributed by atoms with van der Waals surface area (Å²) in [6, 6.07) is 6.22. The highest BCUT2D eigenvalue weighted by molar-refractivity contribution is 5.56. The van der Waals surface area contributed by atoms with E-state index >= 15 is 0 Å². The van der Waals surface area contributed by atoms with E-state index in [9.17, 15) is 5.11 Å². The molecule has 1 N–H and O–H groups in total. The number of nitrogens with zero attached hydrogens (tertiary/aromatic N) is 1. The highest BCUT2D eigenvalue weighted by atomic mass is 16.3. The number of hydrogen-bond donors (Lipinski definition) is 1. The van der Waals surface area contributed by atoms with E-state index in [2.05, 4.69) is 30.7 Å². The second-order valence-corrected chi connectivity index (χ2v) is 4.66. The molecule has 2 heteroatoms. The summed E-state index contributed by atoms with van der Waals surface area (Å²) in [4.78, 5) is 2.27. The van der Waals surface area contributed by atoms with Crippen LogP contribution < -0.4 is 4.90 Å². The van der Waals surface area contributed by atoms with Crippen molar-refractivity contribution in [3.05, 3.63) is 41.5 Å². The molecule has 1 heterocycles. The number of aliphatic hydroxyl groups excluding tert-OH is 1. The van der Waals surface area contributed by atoms with Crippen LogP contribution in [0.3, 0.4) is 0 Å². The van der Waals surface area contributed by atoms with Gasteiger partial charge in [0.15, 0.2) is 0 Å². The van der Waals surface area contributed by atoms with Gasteiger partial charge in [0, 0.05) is 19.3 Å². The van der Waals surface area contributed by atoms with Crippen LogP contribution in [0.25, 0.3) is 0 Å². The predicted molar refractivity (Wildman–Crippen MR) is 67.8 cm³/mol. The predicted octanol–water partition coefficient (Wildman–Crippen LogP) is 2.68. The van der Waals surface area contributed by atoms with Crippen LogP contribution in [0.15, 0.2) is 30.4 Å². The highest BCUT2D eigenvalue weighted by Crippen LogP contribution is 2.30. The second-order valence-electron chi connectivity index (χ2n) is 4.66. The molecule has 0 fully saturated rings. The number of aryl methyl sites for hydroxylation is 1. The van der Waals surface area contributed by atoms with Gasteiger partial charge in [0.2, 0.25) is 0 Å². The van der Waals surface area contributed by atoms with Crippen LogP contribution in [0.4, 0.5) is 5.69 Å². The van der Waals surface area contributed by atoms with Crippen LogP contribution in [0, 0.1) is 0 Å². The molecule has 16 heavy (non-hydrogen) atoms. The molecule has 1 unspecified atom stereocenters. The molecule has 0 saturated heterocycles. The molecule has 86 valence electrons. The Hall–Kier alpha value is -1.28. The van der Waals surface area contributed by atoms with E-state index in [0.29, 0.717) is 0 Å². The Morgan fingerprint density at radius 1 is 1.50 bits per heavy atom. The van der Waals surface area contributed by atoms with Gasteiger partial charge in [-0.15, -0.1) is 0 Å². The summed E-state index contributed by atoms with van der Waals surface area (Å²) < 4.78 is 0. The largest absolute Gasteiger partial charge is 0.384 e. The minimum Gasteiger partial charge on any atom is -0.384 e. The van der Waals surface area contributed by atoms with Gasteiger partial charge in [-0.2, -0.15) is 0 Å². The van der Waals surface area contributed by atoms with Crippen LogP contribution >= 0.6 is 0 Å². The Morgan fingerprint density at radius 3 is 2.94 bits per heavy atom. The Bertz CT molecular complexity index is 411. The van der Waals surface area contributed by atoms with Crippen molar-refractivity contribution < 1.29 is 5.11 Å². The van der Waals surface area contributed by atoms with Crippen LogP contribution in [0.5, 0.6) is 0 Å². The van der Waals surface area contributed by atoms with Gasteiger partial charge in [-0.3, -0.25) is 0 Å². The number of benzene rings is 1. The van der Waals surface area contributed by atoms with E-state index in [1.54, 1.807) is 0 Å². The van der Waals surface area contributed by atoms with E-state index in [1.807, 2.05) is 13.0 Å². The molecule has 2 rings (SSSR count). The van der Waals surface area contributed by atoms with Crippen molar-refractivity contribution in [2.75, 3.05) is 18.5 Å². The molecule has 0 aromatic heterocycles. The molecule has 1 aliphatic rings. The van der Waals surface area contributed by atoms with Crippen molar-refractivity contribution in [1.82, 2.24) is 0 Å². The van der Waals surface area contributed by atoms with Gasteiger partial charge in [0.25, 0.3) is 0 Å². The van der Waals surface area contributed by atoms with Crippen molar-refractivity contribution in [3.8, 4) is 0 Å². The van der Waals surface area contributed by atoms with Gasteiger partial charge in [-0.05, 0) is 42.5 Å². The molecule has 1 aromatic carbocycles. The van der Waals surface area contributed by atoms with Crippen LogP contribution in [-0.2, 0) is 6.42 Å². The van der Waals surface area contributed by atoms with Gasteiger partial charge in [0.1, 0.15) is 0 Å². The lowest BCUT2D eigenvalue weighted by Gasteiger charge is -2.28. The van der Waals surface area contributed by atoms with E-state index in [-0.39, 0.29) is 0 Å². The first-order valence-electron chi connectivity index (χ1n) is 5.77. The zero-order valence-corrected chi connectivity index (χ0v) is 10.0. The molecule has 0 amide bonds. The van der Waals surface area contributed by atoms with Gasteiger partial charge in [-0.1, -0.05) is 18.7 Å². The molecule has 1 aromatic rings. The van der Waals surface area contributed by atoms with Crippen LogP contribution in [0.2, 0.25) is 0 Å². The van der Waals surface area contributed by atoms with Gasteiger partial charge >= 0.3 is 0 Å². The minimum absolute atomic E-state index is 0.530. The summed E-state index contributed by atoms with van der Waals surface area (Å²) in [6.07, 6.45) is 1.77. The lowest BCUT2D eigenvalue weighted by Crippen LogP contribution is -2.24. The van der Waals surface area contributed by atoms with Crippen molar-refractivity contribution in [3.63, 3.8) is 0 Å². The van der Waals surface area contributed by atoms with Crippen molar-refractivity contribution in [2.45, 2.75) is 25.9 Å². The number of rotatable bonds is 2. The summed E-state index contributed by atoms with van der Waals surface area (Å²) in [5.74, 6) is 0. The summed E-state index contributed by atoms with van der Waals surface area (Å²) in [7, 11) is 2.12. The Balaban J connectivity index is 2.35. The summed E-state index contributed by atoms with van der Waals surface area (Å²) >= 11 is 0. The third-order valence-corrected chi connectivity index (χ3v) is 3.24. The first-order valence-corrected chi connectivity index (χ1v) is 5.77. The zero-order valence-electron chi connectivity index (χ0n) is 10.0. The molecule has 0 spiro atoms. The van der Waals surface area contributed by atoms with Gasteiger partial charge < -0.3 is 10.0 Å². The molecular formula is C14H19NO. The van der Waals surface area contributed by atoms with Crippen LogP contribution in [0.1, 0.15) is 30.6 Å². The first-order chi connectivity index (χ1) is 7.59. The summed E-state index contributed by atoms with van der Waals surface area (Å²) in [5.41, 5.74) is 4.39. The highest BCUT2D eigenvalue weighted by Gasteiger charge is 2.16. The SMILES string of the molecule is C=C(C)C(O)c1ccc2c(c1)CCCN2C. The topological polar surface area (TPSA) is 23.5 Å². The zero-order chi connectivity index (χ0) is 11.7. The molecule has 0 aliphatic carbocycles. The monoisotopic (exact) mass is 217 g/mol. The lowest BCUT2D eigenvalue weighted by molar-refractivity contribution is 0.216. The third kappa shape index (κ3) is 1.98. The Labute approximate surface area is 97.2 Å². The Morgan fingerprint density at radius 2 is 2.25 bits per heavy atom. The smallest absolute Gasteiger partial charge is 0.0995 e. The van der Waals surface area contributed by atoms with E-state index in [4.69, 9.17) is 0 Å². The molecule has 0 radical (unpaired) electrons. The molecule has 0 saturated carbocycles. The maximum atomic E-state index is 9.95. The van der Waals surface area contributed by atoms with Crippen LogP contribution in [-0.4, -0.2) is 18.7 Å². The molecule has 2 nitrogen and oxygen atoms in total. The van der Waals surface area contributed by atoms with E-state index < -0.39 is 6.10 Å². The van der Waals surface area contributed by atoms with Gasteiger partial charge in [0.05, 0.1) is 6.10 Å². The normalized spacial score (nSPS) is 16.8. The Kier molecular flexibility index (Phi) is 3.01. The first kappa shape index (κ1) is 11.2. The molecule has 1 atom stereocenters. The number of aliphatic hydroxyl groups is 1. The van der Waals surface area contributed by atoms with Crippen molar-refractivity contribution in [2.24, 2.45) is 0 Å². The van der Waals surface area contributed by atoms with E-state index in [1.165, 1.54) is 17.7 Å². The molecule has 0 bridgehead atoms. The number of fused-ring (bicyclic) bond motifs is 1. The summed E-state index contributed by atoms with van der Waals surface area (Å²) in [6.45, 7) is 6.78. The fraction of sp³-hybridized carbons (Fsp3) is 0.429. The molecular weight excluding hydrogens is 198 g/mol. The summed E-state index contributed by atoms with van der Waals surface area (Å²) in [5, 5.41) is 9.95. The average Bonchev–Trinajstić information content (AvgIpc) is 2.28. The average molecular weight is 217 g/mol. The fourth-order valence-electron chi connectivity index (χ4n) is 2.26. The molecule has 1 aliphatic heterocycles. The third-order valence-electron chi connectivity index (χ3n) is 3.24. The lowest BCUT2D eigenvalue weighted by atomic mass is 9.96. The van der Waals surface area contributed by atoms with E-state index in [0.717, 1.165) is 24.1 Å². The number of anilines is 1. The van der Waals surface area contributed by atoms with Gasteiger partial charge in [-0.25, -0.2) is 0 Å². The maximum Gasteiger partial charge on any atom is 0.0995 e. The second kappa shape index (κ2) is 4.30.